The topological polar surface area (TPSA) is 92.1 Å². The van der Waals surface area contributed by atoms with E-state index in [1.54, 1.807) is 24.9 Å². The maximum atomic E-state index is 12.5. The van der Waals surface area contributed by atoms with Crippen LogP contribution in [0.25, 0.3) is 0 Å². The summed E-state index contributed by atoms with van der Waals surface area (Å²) in [7, 11) is 0. The monoisotopic (exact) mass is 419 g/mol. The van der Waals surface area contributed by atoms with E-state index in [0.717, 1.165) is 30.5 Å². The van der Waals surface area contributed by atoms with Crippen LogP contribution in [0.5, 0.6) is 0 Å². The predicted molar refractivity (Wildman–Crippen MR) is 120 cm³/mol. The Balaban J connectivity index is 1.29. The number of aliphatic hydroxyl groups excluding tert-OH is 1. The molecular formula is C24H29N5O2. The van der Waals surface area contributed by atoms with Crippen LogP contribution >= 0.6 is 0 Å². The summed E-state index contributed by atoms with van der Waals surface area (Å²) >= 11 is 0. The second-order valence-electron chi connectivity index (χ2n) is 8.24. The molecule has 31 heavy (non-hydrogen) atoms. The van der Waals surface area contributed by atoms with Gasteiger partial charge >= 0.3 is 0 Å². The Morgan fingerprint density at radius 3 is 2.61 bits per heavy atom. The molecule has 1 saturated heterocycles. The van der Waals surface area contributed by atoms with Gasteiger partial charge in [0.05, 0.1) is 6.10 Å². The third-order valence-corrected chi connectivity index (χ3v) is 5.90. The van der Waals surface area contributed by atoms with E-state index in [0.29, 0.717) is 11.9 Å². The summed E-state index contributed by atoms with van der Waals surface area (Å²) in [6.45, 7) is 3.59. The Hall–Kier alpha value is -3.03. The number of aliphatic hydroxyl groups is 1. The molecule has 2 aromatic carbocycles. The van der Waals surface area contributed by atoms with Crippen molar-refractivity contribution in [1.82, 2.24) is 20.1 Å². The fourth-order valence-electron chi connectivity index (χ4n) is 4.07. The average molecular weight is 420 g/mol. The van der Waals surface area contributed by atoms with Gasteiger partial charge in [0.25, 0.3) is 0 Å². The van der Waals surface area contributed by atoms with Gasteiger partial charge in [0, 0.05) is 17.8 Å². The lowest BCUT2D eigenvalue weighted by Crippen LogP contribution is -2.35. The molecule has 4 rings (SSSR count). The first-order valence-corrected chi connectivity index (χ1v) is 10.8. The summed E-state index contributed by atoms with van der Waals surface area (Å²) in [4.78, 5) is 16.5. The molecule has 1 aliphatic rings. The van der Waals surface area contributed by atoms with Gasteiger partial charge in [-0.05, 0) is 56.4 Å². The number of nitrogens with one attached hydrogen (secondary N) is 2. The van der Waals surface area contributed by atoms with Gasteiger partial charge in [-0.15, -0.1) is 0 Å². The Bertz CT molecular complexity index is 1000. The zero-order chi connectivity index (χ0) is 21.8. The number of aryl methyl sites for hydroxylation is 1. The van der Waals surface area contributed by atoms with Crippen molar-refractivity contribution in [3.8, 4) is 0 Å². The summed E-state index contributed by atoms with van der Waals surface area (Å²) < 4.78 is 1.56. The lowest BCUT2D eigenvalue weighted by molar-refractivity contribution is -0.119. The van der Waals surface area contributed by atoms with Crippen molar-refractivity contribution >= 4 is 11.6 Å². The largest absolute Gasteiger partial charge is 0.387 e. The first kappa shape index (κ1) is 21.2. The number of hydrogen-bond acceptors (Lipinski definition) is 5. The van der Waals surface area contributed by atoms with Gasteiger partial charge in [-0.3, -0.25) is 4.79 Å². The molecule has 1 aliphatic heterocycles. The van der Waals surface area contributed by atoms with Crippen molar-refractivity contribution in [2.24, 2.45) is 0 Å². The number of anilines is 1. The van der Waals surface area contributed by atoms with Crippen LogP contribution in [0.1, 0.15) is 48.9 Å². The first-order chi connectivity index (χ1) is 15.0. The zero-order valence-corrected chi connectivity index (χ0v) is 17.9. The summed E-state index contributed by atoms with van der Waals surface area (Å²) in [5.41, 5.74) is 2.91. The Morgan fingerprint density at radius 2 is 1.94 bits per heavy atom. The second-order valence-corrected chi connectivity index (χ2v) is 8.24. The van der Waals surface area contributed by atoms with E-state index in [1.165, 1.54) is 5.56 Å². The van der Waals surface area contributed by atoms with Crippen LogP contribution in [-0.2, 0) is 11.2 Å². The van der Waals surface area contributed by atoms with E-state index >= 15 is 0 Å². The van der Waals surface area contributed by atoms with Gasteiger partial charge in [0.2, 0.25) is 5.91 Å². The fraction of sp³-hybridized carbons (Fsp3) is 0.375. The summed E-state index contributed by atoms with van der Waals surface area (Å²) in [5.74, 6) is 0.510. The van der Waals surface area contributed by atoms with Gasteiger partial charge < -0.3 is 15.7 Å². The van der Waals surface area contributed by atoms with Crippen molar-refractivity contribution in [1.29, 1.82) is 0 Å². The third kappa shape index (κ3) is 5.18. The first-order valence-electron chi connectivity index (χ1n) is 10.8. The number of amides is 1. The normalized spacial score (nSPS) is 20.4. The number of nitrogens with zero attached hydrogens (tertiary/aromatic N) is 3. The van der Waals surface area contributed by atoms with Gasteiger partial charge in [-0.2, -0.15) is 5.10 Å². The fourth-order valence-corrected chi connectivity index (χ4v) is 4.07. The average Bonchev–Trinajstić information content (AvgIpc) is 3.44. The minimum Gasteiger partial charge on any atom is -0.387 e. The minimum atomic E-state index is -0.487. The van der Waals surface area contributed by atoms with Crippen LogP contribution in [-0.4, -0.2) is 37.9 Å². The van der Waals surface area contributed by atoms with Crippen molar-refractivity contribution in [2.75, 3.05) is 5.32 Å². The van der Waals surface area contributed by atoms with E-state index in [-0.39, 0.29) is 11.9 Å². The van der Waals surface area contributed by atoms with Crippen molar-refractivity contribution in [3.05, 3.63) is 77.9 Å². The molecule has 1 amide bonds. The highest BCUT2D eigenvalue weighted by Crippen LogP contribution is 2.27. The Kier molecular flexibility index (Phi) is 6.44. The molecule has 7 heteroatoms. The second kappa shape index (κ2) is 9.41. The molecule has 4 atom stereocenters. The predicted octanol–water partition coefficient (Wildman–Crippen LogP) is 3.18. The van der Waals surface area contributed by atoms with Crippen LogP contribution < -0.4 is 10.6 Å². The van der Waals surface area contributed by atoms with Gasteiger partial charge in [-0.25, -0.2) is 9.67 Å². The van der Waals surface area contributed by atoms with E-state index < -0.39 is 12.1 Å². The number of carbonyl (C=O) groups is 1. The summed E-state index contributed by atoms with van der Waals surface area (Å²) in [6, 6.07) is 17.7. The molecule has 7 nitrogen and oxygen atoms in total. The summed E-state index contributed by atoms with van der Waals surface area (Å²) in [6.07, 6.45) is 3.95. The van der Waals surface area contributed by atoms with Crippen LogP contribution in [0.15, 0.2) is 60.9 Å². The highest BCUT2D eigenvalue weighted by molar-refractivity contribution is 5.93. The lowest BCUT2D eigenvalue weighted by atomic mass is 10.0. The molecule has 3 aromatic rings. The smallest absolute Gasteiger partial charge is 0.249 e. The molecule has 1 aromatic heterocycles. The number of rotatable bonds is 7. The lowest BCUT2D eigenvalue weighted by Gasteiger charge is -2.20. The third-order valence-electron chi connectivity index (χ3n) is 5.90. The van der Waals surface area contributed by atoms with Crippen molar-refractivity contribution in [2.45, 2.75) is 57.3 Å². The molecule has 1 fully saturated rings. The molecule has 0 spiro atoms. The van der Waals surface area contributed by atoms with E-state index in [1.807, 2.05) is 54.6 Å². The minimum absolute atomic E-state index is 0.0767. The number of hydrogen-bond donors (Lipinski definition) is 3. The molecule has 0 saturated carbocycles. The Labute approximate surface area is 182 Å². The van der Waals surface area contributed by atoms with Gasteiger partial charge in [0.1, 0.15) is 18.2 Å². The number of aromatic nitrogens is 3. The molecule has 162 valence electrons. The maximum Gasteiger partial charge on any atom is 0.249 e. The van der Waals surface area contributed by atoms with E-state index in [2.05, 4.69) is 20.7 Å². The zero-order valence-electron chi connectivity index (χ0n) is 17.9. The van der Waals surface area contributed by atoms with Crippen molar-refractivity contribution < 1.29 is 9.90 Å². The van der Waals surface area contributed by atoms with Gasteiger partial charge in [0.15, 0.2) is 0 Å². The standard InChI is InChI=1S/C24H29N5O2/c1-16(29-15-25-17(2)28-29)24(31)27-20-10-8-18(9-11-20)14-21-12-13-22(26-21)23(30)19-6-4-3-5-7-19/h3-11,15-16,21-23,26,30H,12-14H2,1-2H3,(H,27,31)/t16-,21-,22?,23+/m0/s1. The summed E-state index contributed by atoms with van der Waals surface area (Å²) in [5, 5.41) is 21.4. The van der Waals surface area contributed by atoms with Crippen LogP contribution in [0.4, 0.5) is 5.69 Å². The highest BCUT2D eigenvalue weighted by atomic mass is 16.3. The molecule has 0 radical (unpaired) electrons. The van der Waals surface area contributed by atoms with Crippen LogP contribution in [0.3, 0.4) is 0 Å². The SMILES string of the molecule is Cc1ncn([C@@H](C)C(=O)Nc2ccc(C[C@@H]3CCC([C@H](O)c4ccccc4)N3)cc2)n1. The van der Waals surface area contributed by atoms with Gasteiger partial charge in [-0.1, -0.05) is 42.5 Å². The van der Waals surface area contributed by atoms with E-state index in [4.69, 9.17) is 0 Å². The van der Waals surface area contributed by atoms with E-state index in [9.17, 15) is 9.90 Å². The molecule has 0 bridgehead atoms. The Morgan fingerprint density at radius 1 is 1.19 bits per heavy atom. The molecule has 3 N–H and O–H groups in total. The molecule has 1 unspecified atom stereocenters. The van der Waals surface area contributed by atoms with Crippen LogP contribution in [0.2, 0.25) is 0 Å². The van der Waals surface area contributed by atoms with Crippen molar-refractivity contribution in [3.63, 3.8) is 0 Å². The number of benzene rings is 2. The number of carbonyl (C=O) groups excluding carboxylic acids is 1. The highest BCUT2D eigenvalue weighted by Gasteiger charge is 2.29. The molecular weight excluding hydrogens is 390 g/mol. The van der Waals surface area contributed by atoms with Crippen LogP contribution in [0, 0.1) is 6.92 Å². The maximum absolute atomic E-state index is 12.5. The molecule has 2 heterocycles. The molecule has 0 aliphatic carbocycles. The quantitative estimate of drug-likeness (QED) is 0.547.